The van der Waals surface area contributed by atoms with Gasteiger partial charge in [0.1, 0.15) is 11.6 Å². The second-order valence-corrected chi connectivity index (χ2v) is 9.38. The third-order valence-corrected chi connectivity index (χ3v) is 6.98. The molecule has 1 saturated heterocycles. The molecule has 1 heterocycles. The van der Waals surface area contributed by atoms with Crippen LogP contribution in [0.1, 0.15) is 31.2 Å². The number of piperidine rings is 1. The first kappa shape index (κ1) is 23.8. The molecule has 1 aliphatic heterocycles. The fraction of sp³-hybridized carbons (Fsp3) is 0.364. The lowest BCUT2D eigenvalue weighted by Crippen LogP contribution is -2.35. The number of rotatable bonds is 8. The van der Waals surface area contributed by atoms with Crippen molar-refractivity contribution < 1.29 is 31.5 Å². The maximum atomic E-state index is 13.5. The minimum atomic E-state index is -3.51. The van der Waals surface area contributed by atoms with E-state index in [9.17, 15) is 26.8 Å². The number of hydrogen-bond acceptors (Lipinski definition) is 5. The predicted molar refractivity (Wildman–Crippen MR) is 113 cm³/mol. The van der Waals surface area contributed by atoms with E-state index >= 15 is 0 Å². The van der Waals surface area contributed by atoms with Gasteiger partial charge in [-0.05, 0) is 49.1 Å². The molecule has 0 aliphatic carbocycles. The average Bonchev–Trinajstić information content (AvgIpc) is 2.79. The van der Waals surface area contributed by atoms with E-state index in [0.717, 1.165) is 37.0 Å². The normalized spacial score (nSPS) is 14.7. The molecule has 172 valence electrons. The second-order valence-electron chi connectivity index (χ2n) is 7.44. The zero-order valence-electron chi connectivity index (χ0n) is 17.4. The van der Waals surface area contributed by atoms with Gasteiger partial charge in [-0.15, -0.1) is 0 Å². The first-order valence-electron chi connectivity index (χ1n) is 10.3. The van der Waals surface area contributed by atoms with Gasteiger partial charge in [-0.3, -0.25) is 9.59 Å². The maximum Gasteiger partial charge on any atom is 0.306 e. The Morgan fingerprint density at radius 2 is 1.69 bits per heavy atom. The number of hydrogen-bond donors (Lipinski definition) is 1. The number of anilines is 1. The molecule has 0 saturated carbocycles. The van der Waals surface area contributed by atoms with E-state index < -0.39 is 40.1 Å². The summed E-state index contributed by atoms with van der Waals surface area (Å²) in [6.07, 6.45) is 3.03. The number of nitrogens with one attached hydrogen (secondary N) is 1. The Morgan fingerprint density at radius 3 is 2.34 bits per heavy atom. The lowest BCUT2D eigenvalue weighted by molar-refractivity contribution is -0.147. The smallest absolute Gasteiger partial charge is 0.306 e. The number of sulfonamides is 1. The molecule has 0 spiro atoms. The zero-order chi connectivity index (χ0) is 23.1. The van der Waals surface area contributed by atoms with Gasteiger partial charge in [0.05, 0.1) is 10.6 Å². The van der Waals surface area contributed by atoms with E-state index in [4.69, 9.17) is 4.74 Å². The Hall–Kier alpha value is -2.85. The Kier molecular flexibility index (Phi) is 7.92. The van der Waals surface area contributed by atoms with Crippen LogP contribution < -0.4 is 5.32 Å². The van der Waals surface area contributed by atoms with E-state index in [1.165, 1.54) is 16.4 Å². The summed E-state index contributed by atoms with van der Waals surface area (Å²) < 4.78 is 58.1. The van der Waals surface area contributed by atoms with Gasteiger partial charge in [-0.1, -0.05) is 18.6 Å². The summed E-state index contributed by atoms with van der Waals surface area (Å²) in [5, 5.41) is 2.20. The number of ether oxygens (including phenoxy) is 1. The number of carbonyl (C=O) groups is 2. The number of nitrogens with zero attached hydrogens (tertiary/aromatic N) is 1. The summed E-state index contributed by atoms with van der Waals surface area (Å²) in [7, 11) is -3.51. The second kappa shape index (κ2) is 10.6. The SMILES string of the molecule is O=C(COC(=O)CCc1ccc(S(=O)(=O)N2CCCCC2)cc1)Nc1ccc(F)cc1F. The van der Waals surface area contributed by atoms with Crippen molar-refractivity contribution in [1.29, 1.82) is 0 Å². The molecule has 32 heavy (non-hydrogen) atoms. The van der Waals surface area contributed by atoms with Crippen LogP contribution >= 0.6 is 0 Å². The summed E-state index contributed by atoms with van der Waals surface area (Å²) in [4.78, 5) is 23.9. The van der Waals surface area contributed by atoms with Crippen LogP contribution in [0.25, 0.3) is 0 Å². The summed E-state index contributed by atoms with van der Waals surface area (Å²) in [5.74, 6) is -3.10. The van der Waals surface area contributed by atoms with Crippen LogP contribution in [-0.4, -0.2) is 44.3 Å². The van der Waals surface area contributed by atoms with Crippen molar-refractivity contribution in [3.05, 3.63) is 59.7 Å². The highest BCUT2D eigenvalue weighted by molar-refractivity contribution is 7.89. The molecule has 3 rings (SSSR count). The van der Waals surface area contributed by atoms with Crippen LogP contribution in [0.5, 0.6) is 0 Å². The fourth-order valence-corrected chi connectivity index (χ4v) is 4.84. The van der Waals surface area contributed by atoms with E-state index in [1.54, 1.807) is 12.1 Å². The molecule has 0 radical (unpaired) electrons. The molecule has 1 aliphatic rings. The maximum absolute atomic E-state index is 13.5. The van der Waals surface area contributed by atoms with Gasteiger partial charge in [0.15, 0.2) is 6.61 Å². The molecule has 1 N–H and O–H groups in total. The van der Waals surface area contributed by atoms with Crippen LogP contribution in [-0.2, 0) is 30.8 Å². The Balaban J connectivity index is 1.45. The van der Waals surface area contributed by atoms with E-state index in [2.05, 4.69) is 5.32 Å². The first-order valence-corrected chi connectivity index (χ1v) is 11.7. The lowest BCUT2D eigenvalue weighted by atomic mass is 10.1. The van der Waals surface area contributed by atoms with Gasteiger partial charge in [-0.2, -0.15) is 4.31 Å². The van der Waals surface area contributed by atoms with E-state index in [-0.39, 0.29) is 17.0 Å². The zero-order valence-corrected chi connectivity index (χ0v) is 18.2. The highest BCUT2D eigenvalue weighted by atomic mass is 32.2. The number of halogens is 2. The third kappa shape index (κ3) is 6.33. The summed E-state index contributed by atoms with van der Waals surface area (Å²) in [5.41, 5.74) is 0.532. The minimum Gasteiger partial charge on any atom is -0.456 e. The van der Waals surface area contributed by atoms with Gasteiger partial charge in [0, 0.05) is 25.6 Å². The van der Waals surface area contributed by atoms with Crippen LogP contribution in [0.15, 0.2) is 47.4 Å². The number of aryl methyl sites for hydroxylation is 1. The van der Waals surface area contributed by atoms with Crippen molar-refractivity contribution >= 4 is 27.6 Å². The molecule has 1 fully saturated rings. The van der Waals surface area contributed by atoms with E-state index in [1.807, 2.05) is 0 Å². The van der Waals surface area contributed by atoms with Crippen LogP contribution in [0, 0.1) is 11.6 Å². The highest BCUT2D eigenvalue weighted by Gasteiger charge is 2.25. The van der Waals surface area contributed by atoms with Crippen LogP contribution in [0.2, 0.25) is 0 Å². The molecular formula is C22H24F2N2O5S. The summed E-state index contributed by atoms with van der Waals surface area (Å²) >= 11 is 0. The number of carbonyl (C=O) groups excluding carboxylic acids is 2. The summed E-state index contributed by atoms with van der Waals surface area (Å²) in [6.45, 7) is 0.442. The Bertz CT molecular complexity index is 1070. The number of esters is 1. The molecule has 7 nitrogen and oxygen atoms in total. The van der Waals surface area contributed by atoms with Gasteiger partial charge < -0.3 is 10.1 Å². The van der Waals surface area contributed by atoms with Crippen molar-refractivity contribution in [3.63, 3.8) is 0 Å². The average molecular weight is 467 g/mol. The van der Waals surface area contributed by atoms with Crippen molar-refractivity contribution in [3.8, 4) is 0 Å². The van der Waals surface area contributed by atoms with Crippen molar-refractivity contribution in [1.82, 2.24) is 4.31 Å². The molecule has 2 aromatic rings. The minimum absolute atomic E-state index is 0.0174. The molecule has 1 amide bonds. The quantitative estimate of drug-likeness (QED) is 0.603. The van der Waals surface area contributed by atoms with E-state index in [0.29, 0.717) is 25.6 Å². The monoisotopic (exact) mass is 466 g/mol. The molecule has 0 bridgehead atoms. The molecular weight excluding hydrogens is 442 g/mol. The number of benzene rings is 2. The first-order chi connectivity index (χ1) is 15.3. The molecule has 10 heteroatoms. The van der Waals surface area contributed by atoms with Gasteiger partial charge in [-0.25, -0.2) is 17.2 Å². The Labute approximate surface area is 185 Å². The summed E-state index contributed by atoms with van der Waals surface area (Å²) in [6, 6.07) is 9.03. The lowest BCUT2D eigenvalue weighted by Gasteiger charge is -2.25. The number of amides is 1. The highest BCUT2D eigenvalue weighted by Crippen LogP contribution is 2.21. The van der Waals surface area contributed by atoms with Crippen molar-refractivity contribution in [2.45, 2.75) is 37.0 Å². The third-order valence-electron chi connectivity index (χ3n) is 5.06. The Morgan fingerprint density at radius 1 is 1.00 bits per heavy atom. The van der Waals surface area contributed by atoms with Crippen molar-refractivity contribution in [2.24, 2.45) is 0 Å². The van der Waals surface area contributed by atoms with Gasteiger partial charge >= 0.3 is 5.97 Å². The predicted octanol–water partition coefficient (Wildman–Crippen LogP) is 3.25. The van der Waals surface area contributed by atoms with Crippen LogP contribution in [0.4, 0.5) is 14.5 Å². The molecule has 0 unspecified atom stereocenters. The molecule has 0 aromatic heterocycles. The van der Waals surface area contributed by atoms with Crippen molar-refractivity contribution in [2.75, 3.05) is 25.0 Å². The molecule has 0 atom stereocenters. The largest absolute Gasteiger partial charge is 0.456 e. The fourth-order valence-electron chi connectivity index (χ4n) is 3.32. The molecule has 2 aromatic carbocycles. The standard InChI is InChI=1S/C22H24F2N2O5S/c23-17-7-10-20(19(24)14-17)25-21(27)15-31-22(28)11-6-16-4-8-18(9-5-16)32(29,30)26-12-2-1-3-13-26/h4-5,7-10,14H,1-3,6,11-13,15H2,(H,25,27). The van der Waals surface area contributed by atoms with Gasteiger partial charge in [0.25, 0.3) is 5.91 Å². The van der Waals surface area contributed by atoms with Crippen LogP contribution in [0.3, 0.4) is 0 Å². The topological polar surface area (TPSA) is 92.8 Å². The van der Waals surface area contributed by atoms with Gasteiger partial charge in [0.2, 0.25) is 10.0 Å².